The first kappa shape index (κ1) is 31.5. The highest BCUT2D eigenvalue weighted by Crippen LogP contribution is 2.29. The van der Waals surface area contributed by atoms with E-state index in [4.69, 9.17) is 23.2 Å². The Morgan fingerprint density at radius 2 is 1.60 bits per heavy atom. The van der Waals surface area contributed by atoms with Crippen molar-refractivity contribution in [1.82, 2.24) is 10.2 Å². The lowest BCUT2D eigenvalue weighted by Crippen LogP contribution is -2.54. The Bertz CT molecular complexity index is 1490. The summed E-state index contributed by atoms with van der Waals surface area (Å²) in [7, 11) is -4.18. The minimum Gasteiger partial charge on any atom is -0.350 e. The molecule has 1 N–H and O–H groups in total. The average Bonchev–Trinajstić information content (AvgIpc) is 2.86. The number of halogens is 2. The van der Waals surface area contributed by atoms with Crippen LogP contribution in [0.1, 0.15) is 44.4 Å². The molecule has 7 nitrogen and oxygen atoms in total. The highest BCUT2D eigenvalue weighted by atomic mass is 35.5. The quantitative estimate of drug-likeness (QED) is 0.318. The monoisotopic (exact) mass is 603 g/mol. The summed E-state index contributed by atoms with van der Waals surface area (Å²) in [5.41, 5.74) is 2.06. The van der Waals surface area contributed by atoms with E-state index in [1.165, 1.54) is 23.1 Å². The van der Waals surface area contributed by atoms with Gasteiger partial charge in [-0.05, 0) is 89.1 Å². The third kappa shape index (κ3) is 7.99. The van der Waals surface area contributed by atoms with Crippen molar-refractivity contribution in [2.45, 2.75) is 64.6 Å². The van der Waals surface area contributed by atoms with Crippen LogP contribution in [0.3, 0.4) is 0 Å². The van der Waals surface area contributed by atoms with Crippen LogP contribution in [0.5, 0.6) is 0 Å². The van der Waals surface area contributed by atoms with Gasteiger partial charge in [0.05, 0.1) is 10.6 Å². The van der Waals surface area contributed by atoms with Crippen LogP contribution < -0.4 is 9.62 Å². The molecule has 0 spiro atoms. The summed E-state index contributed by atoms with van der Waals surface area (Å²) < 4.78 is 28.8. The standard InChI is InChI=1S/C30H35Cl2N3O4S/c1-20-10-14-26(15-11-20)40(38,39)35(25-13-12-21(2)27(32)17-25)19-28(36)34(18-23-8-7-9-24(31)16-23)22(3)29(37)33-30(4,5)6/h7-17,22H,18-19H2,1-6H3,(H,33,37)/t22-/m0/s1. The number of aryl methyl sites for hydroxylation is 2. The first-order chi connectivity index (χ1) is 18.6. The summed E-state index contributed by atoms with van der Waals surface area (Å²) in [4.78, 5) is 28.5. The van der Waals surface area contributed by atoms with Crippen LogP contribution in [-0.2, 0) is 26.2 Å². The predicted octanol–water partition coefficient (Wildman–Crippen LogP) is 6.14. The van der Waals surface area contributed by atoms with Gasteiger partial charge in [-0.15, -0.1) is 0 Å². The van der Waals surface area contributed by atoms with Crippen molar-refractivity contribution < 1.29 is 18.0 Å². The average molecular weight is 605 g/mol. The molecule has 0 saturated heterocycles. The molecule has 1 atom stereocenters. The van der Waals surface area contributed by atoms with Gasteiger partial charge in [0, 0.05) is 22.1 Å². The van der Waals surface area contributed by atoms with E-state index >= 15 is 0 Å². The third-order valence-corrected chi connectivity index (χ3v) is 8.67. The predicted molar refractivity (Wildman–Crippen MR) is 161 cm³/mol. The molecule has 2 amide bonds. The molecule has 3 aromatic rings. The Morgan fingerprint density at radius 1 is 0.950 bits per heavy atom. The minimum atomic E-state index is -4.18. The zero-order valence-corrected chi connectivity index (χ0v) is 25.9. The number of nitrogens with one attached hydrogen (secondary N) is 1. The molecule has 0 unspecified atom stereocenters. The van der Waals surface area contributed by atoms with Gasteiger partial charge in [-0.3, -0.25) is 13.9 Å². The topological polar surface area (TPSA) is 86.8 Å². The maximum absolute atomic E-state index is 14.0. The van der Waals surface area contributed by atoms with Gasteiger partial charge in [-0.1, -0.05) is 59.1 Å². The van der Waals surface area contributed by atoms with E-state index in [0.29, 0.717) is 15.6 Å². The third-order valence-electron chi connectivity index (χ3n) is 6.24. The van der Waals surface area contributed by atoms with Crippen molar-refractivity contribution in [2.75, 3.05) is 10.8 Å². The fourth-order valence-electron chi connectivity index (χ4n) is 3.99. The Labute approximate surface area is 247 Å². The van der Waals surface area contributed by atoms with E-state index in [9.17, 15) is 18.0 Å². The van der Waals surface area contributed by atoms with Crippen molar-refractivity contribution >= 4 is 50.7 Å². The smallest absolute Gasteiger partial charge is 0.264 e. The molecule has 0 heterocycles. The summed E-state index contributed by atoms with van der Waals surface area (Å²) in [6, 6.07) is 17.3. The van der Waals surface area contributed by atoms with E-state index in [2.05, 4.69) is 5.32 Å². The Balaban J connectivity index is 2.07. The lowest BCUT2D eigenvalue weighted by atomic mass is 10.1. The maximum atomic E-state index is 14.0. The van der Waals surface area contributed by atoms with Crippen LogP contribution in [0.4, 0.5) is 5.69 Å². The summed E-state index contributed by atoms with van der Waals surface area (Å²) in [5, 5.41) is 3.75. The summed E-state index contributed by atoms with van der Waals surface area (Å²) in [5.74, 6) is -0.932. The van der Waals surface area contributed by atoms with Crippen molar-refractivity contribution in [3.63, 3.8) is 0 Å². The molecule has 3 rings (SSSR count). The number of amides is 2. The van der Waals surface area contributed by atoms with Crippen LogP contribution in [0.25, 0.3) is 0 Å². The van der Waals surface area contributed by atoms with E-state index < -0.39 is 34.1 Å². The fourth-order valence-corrected chi connectivity index (χ4v) is 5.79. The molecule has 0 aliphatic rings. The van der Waals surface area contributed by atoms with Crippen LogP contribution >= 0.6 is 23.2 Å². The molecule has 0 saturated carbocycles. The van der Waals surface area contributed by atoms with Gasteiger partial charge in [-0.2, -0.15) is 0 Å². The Kier molecular flexibility index (Phi) is 9.93. The second-order valence-corrected chi connectivity index (χ2v) is 13.5. The van der Waals surface area contributed by atoms with Crippen LogP contribution in [0.2, 0.25) is 10.0 Å². The Hall–Kier alpha value is -3.07. The highest BCUT2D eigenvalue weighted by Gasteiger charge is 2.33. The second-order valence-electron chi connectivity index (χ2n) is 10.8. The van der Waals surface area contributed by atoms with Crippen molar-refractivity contribution in [3.8, 4) is 0 Å². The van der Waals surface area contributed by atoms with Crippen molar-refractivity contribution in [1.29, 1.82) is 0 Å². The number of nitrogens with zero attached hydrogens (tertiary/aromatic N) is 2. The number of rotatable bonds is 9. The molecule has 0 aliphatic carbocycles. The van der Waals surface area contributed by atoms with Crippen LogP contribution in [-0.4, -0.2) is 43.3 Å². The Morgan fingerprint density at radius 3 is 2.17 bits per heavy atom. The van der Waals surface area contributed by atoms with Gasteiger partial charge in [0.25, 0.3) is 10.0 Å². The molecule has 0 fully saturated rings. The molecule has 0 aromatic heterocycles. The molecule has 10 heteroatoms. The number of sulfonamides is 1. The van der Waals surface area contributed by atoms with Gasteiger partial charge in [0.2, 0.25) is 11.8 Å². The van der Waals surface area contributed by atoms with E-state index in [1.54, 1.807) is 62.4 Å². The number of carbonyl (C=O) groups excluding carboxylic acids is 2. The highest BCUT2D eigenvalue weighted by molar-refractivity contribution is 7.92. The normalized spacial score (nSPS) is 12.5. The number of hydrogen-bond acceptors (Lipinski definition) is 4. The molecule has 214 valence electrons. The van der Waals surface area contributed by atoms with Gasteiger partial charge in [0.15, 0.2) is 0 Å². The molecular weight excluding hydrogens is 569 g/mol. The number of anilines is 1. The first-order valence-corrected chi connectivity index (χ1v) is 15.0. The van der Waals surface area contributed by atoms with Gasteiger partial charge < -0.3 is 10.2 Å². The van der Waals surface area contributed by atoms with Gasteiger partial charge in [0.1, 0.15) is 12.6 Å². The summed E-state index contributed by atoms with van der Waals surface area (Å²) in [6.45, 7) is 10.3. The largest absolute Gasteiger partial charge is 0.350 e. The second kappa shape index (κ2) is 12.6. The summed E-state index contributed by atoms with van der Waals surface area (Å²) >= 11 is 12.6. The molecule has 40 heavy (non-hydrogen) atoms. The number of hydrogen-bond donors (Lipinski definition) is 1. The number of benzene rings is 3. The van der Waals surface area contributed by atoms with Crippen molar-refractivity contribution in [2.24, 2.45) is 0 Å². The van der Waals surface area contributed by atoms with Gasteiger partial charge in [-0.25, -0.2) is 8.42 Å². The minimum absolute atomic E-state index is 0.0301. The van der Waals surface area contributed by atoms with Crippen molar-refractivity contribution in [3.05, 3.63) is 93.5 Å². The zero-order chi connectivity index (χ0) is 29.8. The zero-order valence-electron chi connectivity index (χ0n) is 23.5. The summed E-state index contributed by atoms with van der Waals surface area (Å²) in [6.07, 6.45) is 0. The lowest BCUT2D eigenvalue weighted by molar-refractivity contribution is -0.140. The van der Waals surface area contributed by atoms with Gasteiger partial charge >= 0.3 is 0 Å². The van der Waals surface area contributed by atoms with E-state index in [1.807, 2.05) is 27.7 Å². The first-order valence-electron chi connectivity index (χ1n) is 12.8. The lowest BCUT2D eigenvalue weighted by Gasteiger charge is -2.33. The van der Waals surface area contributed by atoms with Crippen LogP contribution in [0.15, 0.2) is 71.6 Å². The molecular formula is C30H35Cl2N3O4S. The maximum Gasteiger partial charge on any atom is 0.264 e. The number of carbonyl (C=O) groups is 2. The van der Waals surface area contributed by atoms with E-state index in [0.717, 1.165) is 15.4 Å². The molecule has 3 aromatic carbocycles. The van der Waals surface area contributed by atoms with Crippen LogP contribution in [0, 0.1) is 13.8 Å². The molecule has 0 radical (unpaired) electrons. The van der Waals surface area contributed by atoms with E-state index in [-0.39, 0.29) is 23.0 Å². The molecule has 0 aliphatic heterocycles. The fraction of sp³-hybridized carbons (Fsp3) is 0.333. The molecule has 0 bridgehead atoms. The SMILES string of the molecule is Cc1ccc(S(=O)(=O)N(CC(=O)N(Cc2cccc(Cl)c2)[C@@H](C)C(=O)NC(C)(C)C)c2ccc(C)c(Cl)c2)cc1.